The van der Waals surface area contributed by atoms with Crippen LogP contribution in [0.5, 0.6) is 0 Å². The molecular formula is C13H21N3O2S. The van der Waals surface area contributed by atoms with Crippen molar-refractivity contribution >= 4 is 17.2 Å². The standard InChI is InChI=1S/C13H21N3O2S/c1-8-7-14-5-6-16(8)13(17)11-9(2)15-12(19-11)10(3)18-4/h8,10,14H,5-7H2,1-4H3/t8-,10?/m1/s1. The van der Waals surface area contributed by atoms with Gasteiger partial charge in [0.25, 0.3) is 5.91 Å². The number of aromatic nitrogens is 1. The first-order valence-electron chi connectivity index (χ1n) is 6.56. The number of aryl methyl sites for hydroxylation is 1. The van der Waals surface area contributed by atoms with Gasteiger partial charge < -0.3 is 15.0 Å². The number of piperazine rings is 1. The number of carbonyl (C=O) groups is 1. The Morgan fingerprint density at radius 2 is 2.37 bits per heavy atom. The Bertz CT molecular complexity index is 461. The summed E-state index contributed by atoms with van der Waals surface area (Å²) in [5, 5.41) is 4.16. The lowest BCUT2D eigenvalue weighted by atomic mass is 10.2. The van der Waals surface area contributed by atoms with Crippen LogP contribution in [0.15, 0.2) is 0 Å². The second kappa shape index (κ2) is 5.98. The summed E-state index contributed by atoms with van der Waals surface area (Å²) in [6, 6.07) is 0.228. The van der Waals surface area contributed by atoms with Gasteiger partial charge in [0.15, 0.2) is 0 Å². The van der Waals surface area contributed by atoms with Crippen molar-refractivity contribution in [1.82, 2.24) is 15.2 Å². The summed E-state index contributed by atoms with van der Waals surface area (Å²) >= 11 is 1.45. The second-order valence-electron chi connectivity index (χ2n) is 4.90. The molecule has 1 fully saturated rings. The smallest absolute Gasteiger partial charge is 0.266 e. The summed E-state index contributed by atoms with van der Waals surface area (Å²) in [6.45, 7) is 8.37. The number of thiazole rings is 1. The molecule has 0 radical (unpaired) electrons. The predicted octanol–water partition coefficient (Wildman–Crippen LogP) is 1.59. The van der Waals surface area contributed by atoms with Crippen molar-refractivity contribution in [3.8, 4) is 0 Å². The summed E-state index contributed by atoms with van der Waals surface area (Å²) in [6.07, 6.45) is -0.0642. The first-order valence-corrected chi connectivity index (χ1v) is 7.38. The molecule has 0 saturated carbocycles. The van der Waals surface area contributed by atoms with Gasteiger partial charge in [-0.15, -0.1) is 11.3 Å². The zero-order chi connectivity index (χ0) is 14.0. The van der Waals surface area contributed by atoms with Gasteiger partial charge in [-0.3, -0.25) is 4.79 Å². The third kappa shape index (κ3) is 2.96. The third-order valence-corrected chi connectivity index (χ3v) is 4.78. The van der Waals surface area contributed by atoms with Gasteiger partial charge in [0, 0.05) is 32.8 Å². The maximum Gasteiger partial charge on any atom is 0.266 e. The average Bonchev–Trinajstić information content (AvgIpc) is 2.80. The van der Waals surface area contributed by atoms with Crippen LogP contribution in [0.4, 0.5) is 0 Å². The van der Waals surface area contributed by atoms with Crippen LogP contribution in [0, 0.1) is 6.92 Å². The first kappa shape index (κ1) is 14.4. The van der Waals surface area contributed by atoms with Crippen LogP contribution in [0.1, 0.15) is 40.3 Å². The largest absolute Gasteiger partial charge is 0.375 e. The molecule has 1 aliphatic rings. The zero-order valence-electron chi connectivity index (χ0n) is 11.9. The number of rotatable bonds is 3. The summed E-state index contributed by atoms with van der Waals surface area (Å²) in [4.78, 5) is 19.7. The highest BCUT2D eigenvalue weighted by Crippen LogP contribution is 2.27. The molecule has 19 heavy (non-hydrogen) atoms. The summed E-state index contributed by atoms with van der Waals surface area (Å²) in [5.41, 5.74) is 0.805. The Hall–Kier alpha value is -0.980. The summed E-state index contributed by atoms with van der Waals surface area (Å²) < 4.78 is 5.26. The number of hydrogen-bond donors (Lipinski definition) is 1. The maximum atomic E-state index is 12.6. The molecule has 2 heterocycles. The zero-order valence-corrected chi connectivity index (χ0v) is 12.7. The maximum absolute atomic E-state index is 12.6. The Kier molecular flexibility index (Phi) is 4.54. The van der Waals surface area contributed by atoms with Crippen molar-refractivity contribution in [1.29, 1.82) is 0 Å². The Balaban J connectivity index is 2.21. The van der Waals surface area contributed by atoms with E-state index in [0.29, 0.717) is 0 Å². The van der Waals surface area contributed by atoms with Gasteiger partial charge in [0.1, 0.15) is 16.0 Å². The molecule has 0 aliphatic carbocycles. The second-order valence-corrected chi connectivity index (χ2v) is 5.93. The molecule has 6 heteroatoms. The molecule has 1 unspecified atom stereocenters. The number of methoxy groups -OCH3 is 1. The Morgan fingerprint density at radius 3 is 3.00 bits per heavy atom. The highest BCUT2D eigenvalue weighted by molar-refractivity contribution is 7.13. The highest BCUT2D eigenvalue weighted by Gasteiger charge is 2.27. The minimum Gasteiger partial charge on any atom is -0.375 e. The van der Waals surface area contributed by atoms with E-state index in [0.717, 1.165) is 35.2 Å². The molecule has 0 spiro atoms. The van der Waals surface area contributed by atoms with E-state index in [2.05, 4.69) is 17.2 Å². The van der Waals surface area contributed by atoms with Crippen molar-refractivity contribution in [2.45, 2.75) is 32.9 Å². The van der Waals surface area contributed by atoms with Gasteiger partial charge in [0.05, 0.1) is 5.69 Å². The Labute approximate surface area is 118 Å². The van der Waals surface area contributed by atoms with Gasteiger partial charge in [-0.1, -0.05) is 0 Å². The summed E-state index contributed by atoms with van der Waals surface area (Å²) in [7, 11) is 1.65. The highest BCUT2D eigenvalue weighted by atomic mass is 32.1. The molecule has 2 rings (SSSR count). The SMILES string of the molecule is COC(C)c1nc(C)c(C(=O)N2CCNC[C@H]2C)s1. The van der Waals surface area contributed by atoms with Crippen molar-refractivity contribution in [3.05, 3.63) is 15.6 Å². The fourth-order valence-corrected chi connectivity index (χ4v) is 3.22. The molecule has 1 N–H and O–H groups in total. The van der Waals surface area contributed by atoms with Crippen molar-refractivity contribution in [2.24, 2.45) is 0 Å². The molecule has 2 atom stereocenters. The lowest BCUT2D eigenvalue weighted by molar-refractivity contribution is 0.0660. The Morgan fingerprint density at radius 1 is 1.63 bits per heavy atom. The fourth-order valence-electron chi connectivity index (χ4n) is 2.16. The number of amides is 1. The topological polar surface area (TPSA) is 54.5 Å². The quantitative estimate of drug-likeness (QED) is 0.915. The summed E-state index contributed by atoms with van der Waals surface area (Å²) in [5.74, 6) is 0.0959. The predicted molar refractivity (Wildman–Crippen MR) is 75.6 cm³/mol. The van der Waals surface area contributed by atoms with Crippen molar-refractivity contribution in [3.63, 3.8) is 0 Å². The number of hydrogen-bond acceptors (Lipinski definition) is 5. The third-order valence-electron chi connectivity index (χ3n) is 3.47. The van der Waals surface area contributed by atoms with E-state index in [1.807, 2.05) is 18.7 Å². The van der Waals surface area contributed by atoms with E-state index >= 15 is 0 Å². The van der Waals surface area contributed by atoms with E-state index in [4.69, 9.17) is 4.74 Å². The van der Waals surface area contributed by atoms with E-state index in [1.165, 1.54) is 11.3 Å². The monoisotopic (exact) mass is 283 g/mol. The normalized spacial score (nSPS) is 21.5. The molecule has 1 amide bonds. The molecule has 1 aliphatic heterocycles. The van der Waals surface area contributed by atoms with Crippen molar-refractivity contribution < 1.29 is 9.53 Å². The molecule has 0 aromatic carbocycles. The van der Waals surface area contributed by atoms with Gasteiger partial charge in [-0.05, 0) is 20.8 Å². The molecule has 1 saturated heterocycles. The van der Waals surface area contributed by atoms with Gasteiger partial charge >= 0.3 is 0 Å². The van der Waals surface area contributed by atoms with Crippen LogP contribution in [-0.4, -0.2) is 48.6 Å². The molecule has 1 aromatic heterocycles. The first-order chi connectivity index (χ1) is 9.04. The number of nitrogens with zero attached hydrogens (tertiary/aromatic N) is 2. The number of nitrogens with one attached hydrogen (secondary N) is 1. The minimum absolute atomic E-state index is 0.0642. The molecular weight excluding hydrogens is 262 g/mol. The van der Waals surface area contributed by atoms with E-state index in [-0.39, 0.29) is 18.1 Å². The van der Waals surface area contributed by atoms with Gasteiger partial charge in [-0.2, -0.15) is 0 Å². The molecule has 0 bridgehead atoms. The average molecular weight is 283 g/mol. The lowest BCUT2D eigenvalue weighted by Crippen LogP contribution is -2.52. The van der Waals surface area contributed by atoms with Crippen LogP contribution >= 0.6 is 11.3 Å². The number of carbonyl (C=O) groups excluding carboxylic acids is 1. The van der Waals surface area contributed by atoms with Crippen LogP contribution in [0.2, 0.25) is 0 Å². The van der Waals surface area contributed by atoms with Crippen LogP contribution in [0.25, 0.3) is 0 Å². The molecule has 1 aromatic rings. The lowest BCUT2D eigenvalue weighted by Gasteiger charge is -2.33. The van der Waals surface area contributed by atoms with Crippen LogP contribution in [-0.2, 0) is 4.74 Å². The van der Waals surface area contributed by atoms with Gasteiger partial charge in [-0.25, -0.2) is 4.98 Å². The fraction of sp³-hybridized carbons (Fsp3) is 0.692. The number of ether oxygens (including phenoxy) is 1. The van der Waals surface area contributed by atoms with Crippen LogP contribution in [0.3, 0.4) is 0 Å². The molecule has 106 valence electrons. The van der Waals surface area contributed by atoms with Gasteiger partial charge in [0.2, 0.25) is 0 Å². The van der Waals surface area contributed by atoms with E-state index in [9.17, 15) is 4.79 Å². The van der Waals surface area contributed by atoms with Crippen molar-refractivity contribution in [2.75, 3.05) is 26.7 Å². The minimum atomic E-state index is -0.0642. The van der Waals surface area contributed by atoms with E-state index < -0.39 is 0 Å². The van der Waals surface area contributed by atoms with Crippen LogP contribution < -0.4 is 5.32 Å². The molecule has 5 nitrogen and oxygen atoms in total. The van der Waals surface area contributed by atoms with E-state index in [1.54, 1.807) is 7.11 Å².